The van der Waals surface area contributed by atoms with Crippen molar-refractivity contribution in [1.29, 1.82) is 0 Å². The summed E-state index contributed by atoms with van der Waals surface area (Å²) in [4.78, 5) is 14.0. The van der Waals surface area contributed by atoms with Gasteiger partial charge in [0.2, 0.25) is 5.95 Å². The van der Waals surface area contributed by atoms with Crippen LogP contribution in [0.3, 0.4) is 0 Å². The van der Waals surface area contributed by atoms with Crippen LogP contribution in [0.2, 0.25) is 0 Å². The van der Waals surface area contributed by atoms with Crippen molar-refractivity contribution in [3.8, 4) is 0 Å². The number of fused-ring (bicyclic) bond motifs is 1. The van der Waals surface area contributed by atoms with Gasteiger partial charge in [-0.2, -0.15) is 4.98 Å². The number of hydrogen-bond donors (Lipinski definition) is 2. The molecule has 3 rings (SSSR count). The van der Waals surface area contributed by atoms with E-state index in [1.807, 2.05) is 13.0 Å². The molecule has 1 atom stereocenters. The van der Waals surface area contributed by atoms with Gasteiger partial charge in [-0.3, -0.25) is 0 Å². The first kappa shape index (κ1) is 20.6. The molecule has 2 N–H and O–H groups in total. The molecule has 0 saturated carbocycles. The predicted molar refractivity (Wildman–Crippen MR) is 115 cm³/mol. The second kappa shape index (κ2) is 8.88. The summed E-state index contributed by atoms with van der Waals surface area (Å²) in [5.74, 6) is 2.04. The summed E-state index contributed by atoms with van der Waals surface area (Å²) >= 11 is 0. The van der Waals surface area contributed by atoms with E-state index in [4.69, 9.17) is 9.97 Å². The third-order valence-electron chi connectivity index (χ3n) is 5.22. The lowest BCUT2D eigenvalue weighted by Gasteiger charge is -2.31. The number of likely N-dealkylation sites (N-methyl/N-ethyl adjacent to an activating group) is 1. The van der Waals surface area contributed by atoms with Crippen molar-refractivity contribution in [2.24, 2.45) is 0 Å². The molecular weight excluding hydrogens is 350 g/mol. The van der Waals surface area contributed by atoms with Gasteiger partial charge in [0.25, 0.3) is 0 Å². The van der Waals surface area contributed by atoms with Gasteiger partial charge in [-0.1, -0.05) is 32.0 Å². The zero-order chi connectivity index (χ0) is 20.3. The SMILES string of the molecule is CC(C)c1cc(N2CCc3cc([C@@H](C)O)ccc3C2)nc(NCCN(C)C)n1. The highest BCUT2D eigenvalue weighted by Gasteiger charge is 2.20. The fourth-order valence-electron chi connectivity index (χ4n) is 3.41. The lowest BCUT2D eigenvalue weighted by Crippen LogP contribution is -2.31. The van der Waals surface area contributed by atoms with Gasteiger partial charge in [0.05, 0.1) is 11.8 Å². The zero-order valence-corrected chi connectivity index (χ0v) is 17.7. The topological polar surface area (TPSA) is 64.5 Å². The molecule has 2 aromatic rings. The summed E-state index contributed by atoms with van der Waals surface area (Å²) < 4.78 is 0. The Morgan fingerprint density at radius 3 is 2.61 bits per heavy atom. The third-order valence-corrected chi connectivity index (χ3v) is 5.22. The number of hydrogen-bond acceptors (Lipinski definition) is 6. The summed E-state index contributed by atoms with van der Waals surface area (Å²) in [7, 11) is 4.12. The molecule has 1 aliphatic rings. The standard InChI is InChI=1S/C22H33N5O/c1-15(2)20-13-21(25-22(24-20)23-9-11-26(4)5)27-10-8-18-12-17(16(3)28)6-7-19(18)14-27/h6-7,12-13,15-16,28H,8-11,14H2,1-5H3,(H,23,24,25)/t16-/m1/s1. The summed E-state index contributed by atoms with van der Waals surface area (Å²) in [5, 5.41) is 13.2. The molecule has 2 heterocycles. The van der Waals surface area contributed by atoms with Gasteiger partial charge in [0.15, 0.2) is 0 Å². The largest absolute Gasteiger partial charge is 0.389 e. The van der Waals surface area contributed by atoms with Gasteiger partial charge in [0.1, 0.15) is 5.82 Å². The maximum atomic E-state index is 9.84. The van der Waals surface area contributed by atoms with Gasteiger partial charge < -0.3 is 20.2 Å². The summed E-state index contributed by atoms with van der Waals surface area (Å²) in [6.07, 6.45) is 0.537. The number of nitrogens with one attached hydrogen (secondary N) is 1. The number of aromatic nitrogens is 2. The first-order valence-corrected chi connectivity index (χ1v) is 10.2. The Hall–Kier alpha value is -2.18. The molecule has 0 aliphatic carbocycles. The van der Waals surface area contributed by atoms with Crippen LogP contribution < -0.4 is 10.2 Å². The lowest BCUT2D eigenvalue weighted by molar-refractivity contribution is 0.199. The number of benzene rings is 1. The quantitative estimate of drug-likeness (QED) is 0.766. The van der Waals surface area contributed by atoms with Crippen LogP contribution in [0.1, 0.15) is 55.2 Å². The van der Waals surface area contributed by atoms with E-state index in [0.29, 0.717) is 11.9 Å². The Morgan fingerprint density at radius 1 is 1.14 bits per heavy atom. The third kappa shape index (κ3) is 5.00. The normalized spacial score (nSPS) is 15.1. The highest BCUT2D eigenvalue weighted by atomic mass is 16.3. The van der Waals surface area contributed by atoms with E-state index in [-0.39, 0.29) is 0 Å². The second-order valence-corrected chi connectivity index (χ2v) is 8.24. The number of anilines is 2. The Kier molecular flexibility index (Phi) is 6.52. The van der Waals surface area contributed by atoms with Gasteiger partial charge in [0, 0.05) is 32.2 Å². The minimum atomic E-state index is -0.422. The van der Waals surface area contributed by atoms with Gasteiger partial charge in [-0.25, -0.2) is 4.98 Å². The number of aliphatic hydroxyl groups excluding tert-OH is 1. The van der Waals surface area contributed by atoms with Crippen LogP contribution in [-0.2, 0) is 13.0 Å². The van der Waals surface area contributed by atoms with Crippen molar-refractivity contribution in [1.82, 2.24) is 14.9 Å². The molecule has 0 amide bonds. The summed E-state index contributed by atoms with van der Waals surface area (Å²) in [6.45, 7) is 9.66. The van der Waals surface area contributed by atoms with Crippen LogP contribution in [0.15, 0.2) is 24.3 Å². The van der Waals surface area contributed by atoms with Crippen molar-refractivity contribution in [2.75, 3.05) is 43.9 Å². The molecule has 1 aromatic carbocycles. The molecule has 152 valence electrons. The Labute approximate surface area is 168 Å². The smallest absolute Gasteiger partial charge is 0.224 e. The summed E-state index contributed by atoms with van der Waals surface area (Å²) in [5.41, 5.74) is 4.69. The van der Waals surface area contributed by atoms with Crippen LogP contribution in [0.4, 0.5) is 11.8 Å². The lowest BCUT2D eigenvalue weighted by atomic mass is 9.95. The van der Waals surface area contributed by atoms with E-state index >= 15 is 0 Å². The van der Waals surface area contributed by atoms with E-state index in [9.17, 15) is 5.11 Å². The minimum absolute atomic E-state index is 0.349. The Morgan fingerprint density at radius 2 is 1.93 bits per heavy atom. The monoisotopic (exact) mass is 383 g/mol. The molecule has 0 saturated heterocycles. The average molecular weight is 384 g/mol. The molecule has 0 fully saturated rings. The van der Waals surface area contributed by atoms with E-state index in [1.54, 1.807) is 0 Å². The molecule has 28 heavy (non-hydrogen) atoms. The average Bonchev–Trinajstić information content (AvgIpc) is 2.66. The maximum absolute atomic E-state index is 9.84. The zero-order valence-electron chi connectivity index (χ0n) is 17.7. The number of nitrogens with zero attached hydrogens (tertiary/aromatic N) is 4. The Balaban J connectivity index is 1.81. The number of aliphatic hydroxyl groups is 1. The highest BCUT2D eigenvalue weighted by molar-refractivity contribution is 5.49. The van der Waals surface area contributed by atoms with Crippen LogP contribution in [0.5, 0.6) is 0 Å². The molecule has 0 bridgehead atoms. The highest BCUT2D eigenvalue weighted by Crippen LogP contribution is 2.28. The van der Waals surface area contributed by atoms with Gasteiger partial charge >= 0.3 is 0 Å². The molecule has 0 unspecified atom stereocenters. The number of rotatable bonds is 7. The molecule has 1 aliphatic heterocycles. The minimum Gasteiger partial charge on any atom is -0.389 e. The Bertz CT molecular complexity index is 804. The van der Waals surface area contributed by atoms with E-state index in [0.717, 1.165) is 49.7 Å². The van der Waals surface area contributed by atoms with Crippen molar-refractivity contribution in [2.45, 2.75) is 45.8 Å². The predicted octanol–water partition coefficient (Wildman–Crippen LogP) is 3.19. The molecule has 1 aromatic heterocycles. The fourth-order valence-corrected chi connectivity index (χ4v) is 3.41. The van der Waals surface area contributed by atoms with Crippen molar-refractivity contribution >= 4 is 11.8 Å². The maximum Gasteiger partial charge on any atom is 0.224 e. The van der Waals surface area contributed by atoms with Crippen molar-refractivity contribution in [3.05, 3.63) is 46.6 Å². The molecular formula is C22H33N5O. The van der Waals surface area contributed by atoms with Crippen LogP contribution in [-0.4, -0.2) is 53.7 Å². The van der Waals surface area contributed by atoms with Gasteiger partial charge in [-0.15, -0.1) is 0 Å². The van der Waals surface area contributed by atoms with Crippen LogP contribution in [0.25, 0.3) is 0 Å². The van der Waals surface area contributed by atoms with E-state index < -0.39 is 6.10 Å². The van der Waals surface area contributed by atoms with Crippen molar-refractivity contribution in [3.63, 3.8) is 0 Å². The van der Waals surface area contributed by atoms with Gasteiger partial charge in [-0.05, 0) is 50.0 Å². The van der Waals surface area contributed by atoms with Crippen LogP contribution in [0, 0.1) is 0 Å². The van der Waals surface area contributed by atoms with E-state index in [2.05, 4.69) is 61.3 Å². The van der Waals surface area contributed by atoms with Crippen LogP contribution >= 0.6 is 0 Å². The summed E-state index contributed by atoms with van der Waals surface area (Å²) in [6, 6.07) is 8.44. The fraction of sp³-hybridized carbons (Fsp3) is 0.545. The molecule has 6 heteroatoms. The molecule has 0 spiro atoms. The first-order valence-electron chi connectivity index (χ1n) is 10.2. The second-order valence-electron chi connectivity index (χ2n) is 8.24. The molecule has 6 nitrogen and oxygen atoms in total. The molecule has 0 radical (unpaired) electrons. The first-order chi connectivity index (χ1) is 13.3. The van der Waals surface area contributed by atoms with E-state index in [1.165, 1.54) is 11.1 Å². The van der Waals surface area contributed by atoms with Crippen molar-refractivity contribution < 1.29 is 5.11 Å².